The molecule has 8 nitrogen and oxygen atoms in total. The van der Waals surface area contributed by atoms with Gasteiger partial charge in [-0.1, -0.05) is 5.16 Å². The quantitative estimate of drug-likeness (QED) is 0.481. The molecule has 1 aromatic heterocycles. The summed E-state index contributed by atoms with van der Waals surface area (Å²) in [5.41, 5.74) is 1.09. The molecule has 0 saturated heterocycles. The van der Waals surface area contributed by atoms with Crippen LogP contribution in [0.1, 0.15) is 33.0 Å². The van der Waals surface area contributed by atoms with Gasteiger partial charge in [0.2, 0.25) is 0 Å². The number of carbonyl (C=O) groups excluding carboxylic acids is 2. The lowest BCUT2D eigenvalue weighted by Gasteiger charge is -2.07. The third-order valence-electron chi connectivity index (χ3n) is 4.20. The highest BCUT2D eigenvalue weighted by Crippen LogP contribution is 2.18. The predicted molar refractivity (Wildman–Crippen MR) is 110 cm³/mol. The average Bonchev–Trinajstić information content (AvgIpc) is 3.26. The summed E-state index contributed by atoms with van der Waals surface area (Å²) in [6.45, 7) is 1.13. The van der Waals surface area contributed by atoms with Crippen molar-refractivity contribution < 1.29 is 28.0 Å². The zero-order valence-electron chi connectivity index (χ0n) is 16.9. The van der Waals surface area contributed by atoms with Crippen LogP contribution in [-0.2, 0) is 11.3 Å². The first kappa shape index (κ1) is 22.0. The van der Waals surface area contributed by atoms with Crippen LogP contribution in [0, 0.1) is 5.82 Å². The van der Waals surface area contributed by atoms with Crippen molar-refractivity contribution in [2.24, 2.45) is 0 Å². The number of nitrogens with one attached hydrogen (secondary N) is 2. The van der Waals surface area contributed by atoms with E-state index in [0.717, 1.165) is 0 Å². The van der Waals surface area contributed by atoms with Crippen molar-refractivity contribution in [2.45, 2.75) is 13.0 Å². The number of hydrogen-bond donors (Lipinski definition) is 2. The molecule has 0 atom stereocenters. The fourth-order valence-electron chi connectivity index (χ4n) is 2.59. The van der Waals surface area contributed by atoms with Gasteiger partial charge in [0.05, 0.1) is 0 Å². The molecule has 0 unspecified atom stereocenters. The van der Waals surface area contributed by atoms with Crippen LogP contribution in [0.3, 0.4) is 0 Å². The maximum Gasteiger partial charge on any atom is 0.273 e. The third-order valence-corrected chi connectivity index (χ3v) is 4.20. The van der Waals surface area contributed by atoms with Crippen LogP contribution < -0.4 is 15.4 Å². The number of halogens is 1. The molecule has 2 aromatic carbocycles. The van der Waals surface area contributed by atoms with Crippen molar-refractivity contribution in [3.63, 3.8) is 0 Å². The van der Waals surface area contributed by atoms with E-state index in [2.05, 4.69) is 15.8 Å². The van der Waals surface area contributed by atoms with E-state index in [-0.39, 0.29) is 24.1 Å². The Morgan fingerprint density at radius 3 is 2.52 bits per heavy atom. The van der Waals surface area contributed by atoms with E-state index in [4.69, 9.17) is 14.0 Å². The van der Waals surface area contributed by atoms with Crippen molar-refractivity contribution in [3.05, 3.63) is 77.4 Å². The molecule has 9 heteroatoms. The summed E-state index contributed by atoms with van der Waals surface area (Å²) >= 11 is 0. The number of amides is 2. The van der Waals surface area contributed by atoms with E-state index < -0.39 is 5.82 Å². The second-order valence-electron chi connectivity index (χ2n) is 6.55. The molecular weight excluding hydrogens is 405 g/mol. The molecule has 3 rings (SSSR count). The Labute approximate surface area is 178 Å². The number of methoxy groups -OCH3 is 1. The molecule has 0 aliphatic carbocycles. The van der Waals surface area contributed by atoms with Crippen molar-refractivity contribution in [1.29, 1.82) is 0 Å². The number of aromatic nitrogens is 1. The van der Waals surface area contributed by atoms with Crippen molar-refractivity contribution in [2.75, 3.05) is 25.6 Å². The maximum absolute atomic E-state index is 13.0. The molecule has 0 radical (unpaired) electrons. The summed E-state index contributed by atoms with van der Waals surface area (Å²) in [7, 11) is 1.60. The first-order valence-corrected chi connectivity index (χ1v) is 9.57. The van der Waals surface area contributed by atoms with Gasteiger partial charge in [-0.15, -0.1) is 0 Å². The van der Waals surface area contributed by atoms with Crippen molar-refractivity contribution in [1.82, 2.24) is 10.5 Å². The van der Waals surface area contributed by atoms with Gasteiger partial charge in [0.25, 0.3) is 11.8 Å². The highest BCUT2D eigenvalue weighted by Gasteiger charge is 2.12. The number of ether oxygens (including phenoxy) is 2. The lowest BCUT2D eigenvalue weighted by Crippen LogP contribution is -2.25. The summed E-state index contributed by atoms with van der Waals surface area (Å²) in [5, 5.41) is 9.18. The Hall–Kier alpha value is -3.72. The smallest absolute Gasteiger partial charge is 0.273 e. The molecule has 0 fully saturated rings. The van der Waals surface area contributed by atoms with Crippen LogP contribution in [0.5, 0.6) is 5.75 Å². The highest BCUT2D eigenvalue weighted by atomic mass is 19.1. The van der Waals surface area contributed by atoms with Crippen molar-refractivity contribution >= 4 is 17.5 Å². The van der Waals surface area contributed by atoms with E-state index in [1.54, 1.807) is 31.4 Å². The minimum atomic E-state index is -0.403. The van der Waals surface area contributed by atoms with Gasteiger partial charge in [-0.2, -0.15) is 0 Å². The zero-order chi connectivity index (χ0) is 22.1. The molecule has 0 bridgehead atoms. The van der Waals surface area contributed by atoms with Crippen molar-refractivity contribution in [3.8, 4) is 5.75 Å². The van der Waals surface area contributed by atoms with Gasteiger partial charge in [-0.3, -0.25) is 9.59 Å². The van der Waals surface area contributed by atoms with Gasteiger partial charge < -0.3 is 24.6 Å². The minimum absolute atomic E-state index is 0.0885. The van der Waals surface area contributed by atoms with E-state index in [1.807, 2.05) is 0 Å². The Kier molecular flexibility index (Phi) is 7.72. The Bertz CT molecular complexity index is 1000. The Morgan fingerprint density at radius 2 is 1.81 bits per heavy atom. The summed E-state index contributed by atoms with van der Waals surface area (Å²) in [6.07, 6.45) is 0.705. The standard InChI is InChI=1S/C22H22FN3O5/c1-29-12-2-11-24-22(28)20-13-19(31-26-20)14-30-18-9-7-17(8-10-18)25-21(27)15-3-5-16(23)6-4-15/h3-10,13H,2,11-12,14H2,1H3,(H,24,28)(H,25,27). The van der Waals surface area contributed by atoms with Gasteiger partial charge in [-0.25, -0.2) is 4.39 Å². The number of anilines is 1. The fraction of sp³-hybridized carbons (Fsp3) is 0.227. The van der Waals surface area contributed by atoms with Gasteiger partial charge in [0.15, 0.2) is 11.5 Å². The van der Waals surface area contributed by atoms with Gasteiger partial charge >= 0.3 is 0 Å². The highest BCUT2D eigenvalue weighted by molar-refractivity contribution is 6.04. The molecule has 0 spiro atoms. The fourth-order valence-corrected chi connectivity index (χ4v) is 2.59. The molecule has 0 aliphatic heterocycles. The topological polar surface area (TPSA) is 103 Å². The normalized spacial score (nSPS) is 10.5. The summed E-state index contributed by atoms with van der Waals surface area (Å²) in [5.74, 6) is -0.132. The number of benzene rings is 2. The van der Waals surface area contributed by atoms with Gasteiger partial charge in [-0.05, 0) is 55.0 Å². The molecular formula is C22H22FN3O5. The first-order chi connectivity index (χ1) is 15.0. The Balaban J connectivity index is 1.47. The maximum atomic E-state index is 13.0. The Morgan fingerprint density at radius 1 is 1.06 bits per heavy atom. The van der Waals surface area contributed by atoms with Gasteiger partial charge in [0, 0.05) is 37.6 Å². The van der Waals surface area contributed by atoms with Crippen LogP contribution in [0.25, 0.3) is 0 Å². The van der Waals surface area contributed by atoms with E-state index in [0.29, 0.717) is 42.3 Å². The molecule has 0 aliphatic rings. The molecule has 3 aromatic rings. The van der Waals surface area contributed by atoms with Crippen LogP contribution in [0.2, 0.25) is 0 Å². The molecule has 162 valence electrons. The zero-order valence-corrected chi connectivity index (χ0v) is 16.9. The molecule has 31 heavy (non-hydrogen) atoms. The number of hydrogen-bond acceptors (Lipinski definition) is 6. The molecule has 2 N–H and O–H groups in total. The summed E-state index contributed by atoms with van der Waals surface area (Å²) in [6, 6.07) is 13.5. The SMILES string of the molecule is COCCCNC(=O)c1cc(COc2ccc(NC(=O)c3ccc(F)cc3)cc2)on1. The second kappa shape index (κ2) is 10.9. The predicted octanol–water partition coefficient (Wildman–Crippen LogP) is 3.41. The van der Waals surface area contributed by atoms with Crippen LogP contribution in [0.4, 0.5) is 10.1 Å². The first-order valence-electron chi connectivity index (χ1n) is 9.57. The lowest BCUT2D eigenvalue weighted by atomic mass is 10.2. The number of carbonyl (C=O) groups is 2. The summed E-state index contributed by atoms with van der Waals surface area (Å²) < 4.78 is 28.6. The second-order valence-corrected chi connectivity index (χ2v) is 6.55. The van der Waals surface area contributed by atoms with E-state index in [1.165, 1.54) is 30.3 Å². The third kappa shape index (κ3) is 6.65. The number of nitrogens with zero attached hydrogens (tertiary/aromatic N) is 1. The number of rotatable bonds is 10. The molecule has 2 amide bonds. The lowest BCUT2D eigenvalue weighted by molar-refractivity contribution is 0.0938. The molecule has 1 heterocycles. The van der Waals surface area contributed by atoms with Gasteiger partial charge in [0.1, 0.15) is 18.2 Å². The van der Waals surface area contributed by atoms with E-state index in [9.17, 15) is 14.0 Å². The van der Waals surface area contributed by atoms with Crippen LogP contribution >= 0.6 is 0 Å². The average molecular weight is 427 g/mol. The monoisotopic (exact) mass is 427 g/mol. The molecule has 0 saturated carbocycles. The minimum Gasteiger partial charge on any atom is -0.486 e. The van der Waals surface area contributed by atoms with Crippen LogP contribution in [-0.4, -0.2) is 37.2 Å². The largest absolute Gasteiger partial charge is 0.486 e. The summed E-state index contributed by atoms with van der Waals surface area (Å²) in [4.78, 5) is 24.1. The van der Waals surface area contributed by atoms with E-state index >= 15 is 0 Å². The van der Waals surface area contributed by atoms with Crippen LogP contribution in [0.15, 0.2) is 59.1 Å².